The maximum Gasteiger partial charge on any atom is 0.429 e. The summed E-state index contributed by atoms with van der Waals surface area (Å²) in [5.41, 5.74) is 0.0168. The molecule has 0 amide bonds. The average Bonchev–Trinajstić information content (AvgIpc) is 2.31. The third kappa shape index (κ3) is 2.01. The highest BCUT2D eigenvalue weighted by Gasteiger charge is 2.36. The maximum absolute atomic E-state index is 12.0. The summed E-state index contributed by atoms with van der Waals surface area (Å²) < 4.78 is 39.5. The van der Waals surface area contributed by atoms with Crippen LogP contribution in [0.25, 0.3) is 0 Å². The van der Waals surface area contributed by atoms with Crippen molar-refractivity contribution in [2.45, 2.75) is 10.6 Å². The lowest BCUT2D eigenvalue weighted by Gasteiger charge is -2.01. The number of aromatic nitrogens is 2. The first kappa shape index (κ1) is 9.17. The molecule has 7 heteroatoms. The fourth-order valence-electron chi connectivity index (χ4n) is 0.511. The zero-order valence-electron chi connectivity index (χ0n) is 5.02. The molecule has 0 aromatic carbocycles. The predicted octanol–water partition coefficient (Wildman–Crippen LogP) is 2.49. The van der Waals surface area contributed by atoms with E-state index < -0.39 is 11.1 Å². The molecule has 0 radical (unpaired) electrons. The Morgan fingerprint density at radius 2 is 2.09 bits per heavy atom. The topological polar surface area (TPSA) is 25.8 Å². The molecule has 1 aromatic rings. The standard InChI is InChI=1S/C4H2F3IN2S/c5-4(6,7)3-2(1-8)9-10-11-3/h1H2. The van der Waals surface area contributed by atoms with Gasteiger partial charge in [0.2, 0.25) is 0 Å². The van der Waals surface area contributed by atoms with Crippen LogP contribution in [0.5, 0.6) is 0 Å². The molecule has 0 aliphatic rings. The minimum atomic E-state index is -4.30. The normalized spacial score (nSPS) is 12.0. The van der Waals surface area contributed by atoms with Crippen LogP contribution < -0.4 is 0 Å². The quantitative estimate of drug-likeness (QED) is 0.587. The van der Waals surface area contributed by atoms with E-state index in [9.17, 15) is 13.2 Å². The van der Waals surface area contributed by atoms with E-state index in [-0.39, 0.29) is 10.1 Å². The van der Waals surface area contributed by atoms with Crippen molar-refractivity contribution in [1.82, 2.24) is 9.59 Å². The molecule has 0 aliphatic heterocycles. The van der Waals surface area contributed by atoms with E-state index >= 15 is 0 Å². The second kappa shape index (κ2) is 3.21. The van der Waals surface area contributed by atoms with E-state index in [1.807, 2.05) is 22.6 Å². The Morgan fingerprint density at radius 1 is 1.45 bits per heavy atom. The van der Waals surface area contributed by atoms with Gasteiger partial charge in [-0.3, -0.25) is 0 Å². The number of rotatable bonds is 1. The highest BCUT2D eigenvalue weighted by molar-refractivity contribution is 14.1. The Morgan fingerprint density at radius 3 is 2.45 bits per heavy atom. The highest BCUT2D eigenvalue weighted by atomic mass is 127. The van der Waals surface area contributed by atoms with E-state index in [0.29, 0.717) is 11.5 Å². The monoisotopic (exact) mass is 294 g/mol. The summed E-state index contributed by atoms with van der Waals surface area (Å²) in [7, 11) is 0. The summed E-state index contributed by atoms with van der Waals surface area (Å²) in [6, 6.07) is 0. The summed E-state index contributed by atoms with van der Waals surface area (Å²) in [5, 5.41) is 3.34. The average molecular weight is 294 g/mol. The maximum atomic E-state index is 12.0. The number of hydrogen-bond donors (Lipinski definition) is 0. The van der Waals surface area contributed by atoms with Crippen LogP contribution in [0.4, 0.5) is 13.2 Å². The van der Waals surface area contributed by atoms with Crippen molar-refractivity contribution in [3.8, 4) is 0 Å². The molecular weight excluding hydrogens is 292 g/mol. The van der Waals surface area contributed by atoms with Crippen molar-refractivity contribution < 1.29 is 13.2 Å². The lowest BCUT2D eigenvalue weighted by atomic mass is 10.4. The van der Waals surface area contributed by atoms with Gasteiger partial charge in [-0.05, 0) is 11.5 Å². The number of hydrogen-bond acceptors (Lipinski definition) is 3. The molecule has 62 valence electrons. The summed E-state index contributed by atoms with van der Waals surface area (Å²) in [6.07, 6.45) is -4.30. The van der Waals surface area contributed by atoms with Gasteiger partial charge in [0.15, 0.2) is 4.88 Å². The Kier molecular flexibility index (Phi) is 2.68. The summed E-state index contributed by atoms with van der Waals surface area (Å²) in [5.74, 6) is 0. The summed E-state index contributed by atoms with van der Waals surface area (Å²) in [6.45, 7) is 0. The van der Waals surface area contributed by atoms with Crippen molar-refractivity contribution in [2.75, 3.05) is 0 Å². The van der Waals surface area contributed by atoms with Gasteiger partial charge in [-0.15, -0.1) is 5.10 Å². The lowest BCUT2D eigenvalue weighted by molar-refractivity contribution is -0.134. The Labute approximate surface area is 78.1 Å². The number of halogens is 4. The molecule has 1 heterocycles. The zero-order valence-corrected chi connectivity index (χ0v) is 8.00. The first-order valence-electron chi connectivity index (χ1n) is 2.50. The van der Waals surface area contributed by atoms with Gasteiger partial charge in [-0.25, -0.2) is 0 Å². The molecule has 0 spiro atoms. The van der Waals surface area contributed by atoms with E-state index in [1.165, 1.54) is 0 Å². The van der Waals surface area contributed by atoms with Gasteiger partial charge < -0.3 is 0 Å². The van der Waals surface area contributed by atoms with Crippen LogP contribution in [0.1, 0.15) is 10.6 Å². The third-order valence-electron chi connectivity index (χ3n) is 0.940. The molecule has 2 nitrogen and oxygen atoms in total. The minimum absolute atomic E-state index is 0.0168. The van der Waals surface area contributed by atoms with Crippen LogP contribution in [0.2, 0.25) is 0 Å². The zero-order chi connectivity index (χ0) is 8.48. The van der Waals surface area contributed by atoms with Gasteiger partial charge >= 0.3 is 6.18 Å². The Bertz CT molecular complexity index is 246. The Balaban J connectivity index is 3.02. The highest BCUT2D eigenvalue weighted by Crippen LogP contribution is 2.34. The molecule has 0 bridgehead atoms. The van der Waals surface area contributed by atoms with Crippen LogP contribution in [0.3, 0.4) is 0 Å². The van der Waals surface area contributed by atoms with Crippen LogP contribution in [0, 0.1) is 0 Å². The van der Waals surface area contributed by atoms with Gasteiger partial charge in [0.1, 0.15) is 0 Å². The summed E-state index contributed by atoms with van der Waals surface area (Å²) in [4.78, 5) is -0.688. The second-order valence-corrected chi connectivity index (χ2v) is 3.20. The predicted molar refractivity (Wildman–Crippen MR) is 42.6 cm³/mol. The van der Waals surface area contributed by atoms with Gasteiger partial charge in [-0.1, -0.05) is 27.1 Å². The first-order chi connectivity index (χ1) is 5.05. The molecule has 0 saturated heterocycles. The molecule has 11 heavy (non-hydrogen) atoms. The van der Waals surface area contributed by atoms with Gasteiger partial charge in [0.25, 0.3) is 0 Å². The smallest absolute Gasteiger partial charge is 0.165 e. The molecule has 1 rings (SSSR count). The third-order valence-corrected chi connectivity index (χ3v) is 2.48. The van der Waals surface area contributed by atoms with E-state index in [2.05, 4.69) is 9.59 Å². The van der Waals surface area contributed by atoms with Crippen LogP contribution in [-0.4, -0.2) is 9.59 Å². The lowest BCUT2D eigenvalue weighted by Crippen LogP contribution is -2.04. The fourth-order valence-corrected chi connectivity index (χ4v) is 1.85. The van der Waals surface area contributed by atoms with Crippen LogP contribution >= 0.6 is 34.1 Å². The number of alkyl halides is 4. The van der Waals surface area contributed by atoms with Gasteiger partial charge in [0.05, 0.1) is 5.69 Å². The van der Waals surface area contributed by atoms with Crippen molar-refractivity contribution in [3.63, 3.8) is 0 Å². The fraction of sp³-hybridized carbons (Fsp3) is 0.500. The van der Waals surface area contributed by atoms with E-state index in [1.54, 1.807) is 0 Å². The van der Waals surface area contributed by atoms with Crippen molar-refractivity contribution >= 4 is 34.1 Å². The van der Waals surface area contributed by atoms with Gasteiger partial charge in [-0.2, -0.15) is 13.2 Å². The molecule has 0 unspecified atom stereocenters. The van der Waals surface area contributed by atoms with Crippen LogP contribution in [0.15, 0.2) is 0 Å². The molecule has 1 aromatic heterocycles. The second-order valence-electron chi connectivity index (χ2n) is 1.68. The van der Waals surface area contributed by atoms with Crippen molar-refractivity contribution in [1.29, 1.82) is 0 Å². The summed E-state index contributed by atoms with van der Waals surface area (Å²) >= 11 is 2.21. The molecular formula is C4H2F3IN2S. The first-order valence-corrected chi connectivity index (χ1v) is 4.80. The van der Waals surface area contributed by atoms with E-state index in [0.717, 1.165) is 0 Å². The molecule has 0 atom stereocenters. The molecule has 0 fully saturated rings. The molecule has 0 aliphatic carbocycles. The van der Waals surface area contributed by atoms with Crippen molar-refractivity contribution in [2.24, 2.45) is 0 Å². The van der Waals surface area contributed by atoms with Crippen LogP contribution in [-0.2, 0) is 10.6 Å². The SMILES string of the molecule is FC(F)(F)c1snnc1CI. The van der Waals surface area contributed by atoms with Crippen molar-refractivity contribution in [3.05, 3.63) is 10.6 Å². The van der Waals surface area contributed by atoms with E-state index in [4.69, 9.17) is 0 Å². The Hall–Kier alpha value is 0.0800. The number of nitrogens with zero attached hydrogens (tertiary/aromatic N) is 2. The molecule has 0 N–H and O–H groups in total. The molecule has 0 saturated carbocycles. The minimum Gasteiger partial charge on any atom is -0.165 e. The van der Waals surface area contributed by atoms with Gasteiger partial charge in [0, 0.05) is 4.43 Å². The largest absolute Gasteiger partial charge is 0.429 e.